The molecule has 0 radical (unpaired) electrons. The van der Waals surface area contributed by atoms with Crippen molar-refractivity contribution in [2.24, 2.45) is 0 Å². The minimum atomic E-state index is -5.08. The molecule has 0 unspecified atom stereocenters. The highest BCUT2D eigenvalue weighted by atomic mass is 35.5. The molecule has 0 aliphatic carbocycles. The Morgan fingerprint density at radius 1 is 0.560 bits per heavy atom. The lowest BCUT2D eigenvalue weighted by Gasteiger charge is -2.16. The van der Waals surface area contributed by atoms with Crippen molar-refractivity contribution in [2.45, 2.75) is 12.4 Å². The maximum absolute atomic E-state index is 10.6. The predicted octanol–water partition coefficient (Wildman–Crippen LogP) is 8.60. The van der Waals surface area contributed by atoms with Gasteiger partial charge in [-0.15, -0.1) is 0 Å². The SMILES string of the molecule is O=C(O)C(F)(F)F.O=C(O)C(F)(F)F.Oc1ccc2nc3cc(Cl)ccc3c(NCCNc3c4ccc(Cl)cc4nc4ccc(O)cc34)c2c1. The van der Waals surface area contributed by atoms with E-state index in [9.17, 15) is 36.6 Å². The van der Waals surface area contributed by atoms with E-state index in [1.165, 1.54) is 0 Å². The van der Waals surface area contributed by atoms with Gasteiger partial charge in [0.1, 0.15) is 11.5 Å². The first kappa shape index (κ1) is 37.3. The van der Waals surface area contributed by atoms with Crippen LogP contribution in [0.3, 0.4) is 0 Å². The number of anilines is 2. The highest BCUT2D eigenvalue weighted by Gasteiger charge is 2.38. The molecule has 6 aromatic rings. The van der Waals surface area contributed by atoms with Crippen molar-refractivity contribution < 1.29 is 56.4 Å². The molecule has 0 bridgehead atoms. The number of aliphatic carboxylic acids is 2. The van der Waals surface area contributed by atoms with Crippen LogP contribution in [0.4, 0.5) is 37.7 Å². The Morgan fingerprint density at radius 3 is 1.22 bits per heavy atom. The zero-order valence-corrected chi connectivity index (χ0v) is 26.4. The van der Waals surface area contributed by atoms with Gasteiger partial charge < -0.3 is 31.1 Å². The van der Waals surface area contributed by atoms with E-state index in [1.54, 1.807) is 36.4 Å². The molecule has 0 atom stereocenters. The van der Waals surface area contributed by atoms with Crippen LogP contribution >= 0.6 is 23.2 Å². The number of phenols is 2. The van der Waals surface area contributed by atoms with E-state index >= 15 is 0 Å². The third kappa shape index (κ3) is 9.15. The topological polar surface area (TPSA) is 165 Å². The molecule has 50 heavy (non-hydrogen) atoms. The molecule has 262 valence electrons. The van der Waals surface area contributed by atoms with Gasteiger partial charge in [-0.05, 0) is 72.8 Å². The van der Waals surface area contributed by atoms with E-state index in [0.29, 0.717) is 23.1 Å². The first-order chi connectivity index (χ1) is 23.3. The van der Waals surface area contributed by atoms with Crippen molar-refractivity contribution in [1.82, 2.24) is 9.97 Å². The van der Waals surface area contributed by atoms with Crippen molar-refractivity contribution in [1.29, 1.82) is 0 Å². The summed E-state index contributed by atoms with van der Waals surface area (Å²) in [5, 5.41) is 46.2. The first-order valence-electron chi connectivity index (χ1n) is 13.9. The van der Waals surface area contributed by atoms with Crippen molar-refractivity contribution in [3.05, 3.63) is 82.8 Å². The third-order valence-electron chi connectivity index (χ3n) is 6.65. The van der Waals surface area contributed by atoms with Gasteiger partial charge in [-0.3, -0.25) is 0 Å². The van der Waals surface area contributed by atoms with Crippen molar-refractivity contribution in [2.75, 3.05) is 23.7 Å². The second-order valence-electron chi connectivity index (χ2n) is 10.2. The fraction of sp³-hybridized carbons (Fsp3) is 0.125. The van der Waals surface area contributed by atoms with Gasteiger partial charge >= 0.3 is 24.3 Å². The average molecular weight is 743 g/mol. The highest BCUT2D eigenvalue weighted by molar-refractivity contribution is 6.32. The van der Waals surface area contributed by atoms with Crippen LogP contribution in [0, 0.1) is 0 Å². The smallest absolute Gasteiger partial charge is 0.490 e. The van der Waals surface area contributed by atoms with Gasteiger partial charge in [0, 0.05) is 44.7 Å². The van der Waals surface area contributed by atoms with Crippen LogP contribution in [-0.4, -0.2) is 67.8 Å². The zero-order chi connectivity index (χ0) is 37.0. The van der Waals surface area contributed by atoms with Gasteiger partial charge in [0.15, 0.2) is 0 Å². The van der Waals surface area contributed by atoms with E-state index in [1.807, 2.05) is 36.4 Å². The van der Waals surface area contributed by atoms with Crippen LogP contribution < -0.4 is 10.6 Å². The van der Waals surface area contributed by atoms with Crippen molar-refractivity contribution in [3.8, 4) is 11.5 Å². The van der Waals surface area contributed by atoms with E-state index in [-0.39, 0.29) is 11.5 Å². The number of nitrogens with one attached hydrogen (secondary N) is 2. The Labute approximate surface area is 286 Å². The number of aromatic nitrogens is 2. The lowest BCUT2D eigenvalue weighted by molar-refractivity contribution is -0.193. The zero-order valence-electron chi connectivity index (χ0n) is 24.9. The van der Waals surface area contributed by atoms with Crippen LogP contribution in [0.2, 0.25) is 10.0 Å². The monoisotopic (exact) mass is 742 g/mol. The second-order valence-corrected chi connectivity index (χ2v) is 11.0. The molecule has 2 aromatic heterocycles. The largest absolute Gasteiger partial charge is 0.508 e. The second kappa shape index (κ2) is 15.0. The van der Waals surface area contributed by atoms with Gasteiger partial charge in [-0.2, -0.15) is 26.3 Å². The molecule has 0 aliphatic rings. The summed E-state index contributed by atoms with van der Waals surface area (Å²) in [6, 6.07) is 21.4. The normalized spacial score (nSPS) is 11.4. The number of benzene rings is 4. The van der Waals surface area contributed by atoms with Crippen molar-refractivity contribution in [3.63, 3.8) is 0 Å². The van der Waals surface area contributed by atoms with Gasteiger partial charge in [0.05, 0.1) is 33.4 Å². The van der Waals surface area contributed by atoms with Gasteiger partial charge in [-0.25, -0.2) is 19.6 Å². The Morgan fingerprint density at radius 2 is 0.900 bits per heavy atom. The number of hydrogen-bond acceptors (Lipinski definition) is 8. The summed E-state index contributed by atoms with van der Waals surface area (Å²) in [7, 11) is 0. The Balaban J connectivity index is 0.000000340. The molecule has 6 N–H and O–H groups in total. The molecule has 0 fully saturated rings. The number of carbonyl (C=O) groups is 2. The van der Waals surface area contributed by atoms with Crippen LogP contribution in [0.5, 0.6) is 11.5 Å². The van der Waals surface area contributed by atoms with Crippen molar-refractivity contribution >= 4 is 90.1 Å². The number of carboxylic acid groups (broad SMARTS) is 2. The third-order valence-corrected chi connectivity index (χ3v) is 7.12. The number of hydrogen-bond donors (Lipinski definition) is 6. The Bertz CT molecular complexity index is 2080. The maximum atomic E-state index is 10.6. The van der Waals surface area contributed by atoms with Crippen LogP contribution in [0.25, 0.3) is 43.6 Å². The molecule has 0 aliphatic heterocycles. The van der Waals surface area contributed by atoms with E-state index in [0.717, 1.165) is 55.0 Å². The van der Waals surface area contributed by atoms with E-state index < -0.39 is 24.3 Å². The molecule has 2 heterocycles. The summed E-state index contributed by atoms with van der Waals surface area (Å²) in [5.41, 5.74) is 4.81. The molecule has 0 saturated carbocycles. The molecule has 0 saturated heterocycles. The van der Waals surface area contributed by atoms with Gasteiger partial charge in [0.25, 0.3) is 0 Å². The molecular formula is C32H22Cl2F6N4O6. The van der Waals surface area contributed by atoms with Crippen LogP contribution in [0.1, 0.15) is 0 Å². The number of nitrogens with zero attached hydrogens (tertiary/aromatic N) is 2. The number of alkyl halides is 6. The van der Waals surface area contributed by atoms with E-state index in [4.69, 9.17) is 53.0 Å². The standard InChI is InChI=1S/C28H20Cl2N4O2.2C2HF3O2/c29-15-1-5-19-25(11-15)33-23-7-3-17(35)13-21(23)27(19)31-9-10-32-28-20-6-2-16(30)12-26(20)34-24-8-4-18(36)14-22(24)28;2*3-2(4,5)1(6)7/h1-8,11-14,35-36H,9-10H2,(H,31,33)(H,32,34);2*(H,6,7). The first-order valence-corrected chi connectivity index (χ1v) is 14.6. The Kier molecular flexibility index (Phi) is 11.2. The molecule has 0 spiro atoms. The number of pyridine rings is 2. The minimum absolute atomic E-state index is 0.173. The molecule has 10 nitrogen and oxygen atoms in total. The number of rotatable bonds is 5. The fourth-order valence-corrected chi connectivity index (χ4v) is 4.90. The summed E-state index contributed by atoms with van der Waals surface area (Å²) in [4.78, 5) is 27.2. The fourth-order valence-electron chi connectivity index (χ4n) is 4.57. The molecule has 4 aromatic carbocycles. The number of fused-ring (bicyclic) bond motifs is 4. The van der Waals surface area contributed by atoms with Crippen LogP contribution in [0.15, 0.2) is 72.8 Å². The summed E-state index contributed by atoms with van der Waals surface area (Å²) >= 11 is 12.4. The number of carboxylic acids is 2. The maximum Gasteiger partial charge on any atom is 0.490 e. The average Bonchev–Trinajstić information content (AvgIpc) is 3.02. The van der Waals surface area contributed by atoms with Crippen LogP contribution in [-0.2, 0) is 9.59 Å². The lowest BCUT2D eigenvalue weighted by Crippen LogP contribution is -2.21. The predicted molar refractivity (Wildman–Crippen MR) is 176 cm³/mol. The molecule has 6 rings (SSSR count). The highest BCUT2D eigenvalue weighted by Crippen LogP contribution is 2.35. The van der Waals surface area contributed by atoms with Gasteiger partial charge in [0.2, 0.25) is 0 Å². The molecule has 18 heteroatoms. The summed E-state index contributed by atoms with van der Waals surface area (Å²) < 4.78 is 63.5. The van der Waals surface area contributed by atoms with Gasteiger partial charge in [-0.1, -0.05) is 23.2 Å². The molecule has 0 amide bonds. The summed E-state index contributed by atoms with van der Waals surface area (Å²) in [5.74, 6) is -5.17. The summed E-state index contributed by atoms with van der Waals surface area (Å²) in [6.07, 6.45) is -10.2. The number of halogens is 8. The lowest BCUT2D eigenvalue weighted by atomic mass is 10.1. The minimum Gasteiger partial charge on any atom is -0.508 e. The Hall–Kier alpha value is -5.48. The number of aromatic hydroxyl groups is 2. The quantitative estimate of drug-likeness (QED) is 0.0572. The number of phenolic OH excluding ortho intramolecular Hbond substituents is 2. The summed E-state index contributed by atoms with van der Waals surface area (Å²) in [6.45, 7) is 1.15. The molecular weight excluding hydrogens is 721 g/mol. The van der Waals surface area contributed by atoms with E-state index in [2.05, 4.69) is 10.6 Å².